The first-order chi connectivity index (χ1) is 13.8. The van der Waals surface area contributed by atoms with E-state index in [-0.39, 0.29) is 0 Å². The van der Waals surface area contributed by atoms with Crippen LogP contribution in [0.4, 0.5) is 0 Å². The minimum absolute atomic E-state index is 0.482. The van der Waals surface area contributed by atoms with Gasteiger partial charge in [-0.15, -0.1) is 0 Å². The Hall–Kier alpha value is 0. The predicted octanol–water partition coefficient (Wildman–Crippen LogP) is 9.73. The predicted molar refractivity (Wildman–Crippen MR) is 133 cm³/mol. The average Bonchev–Trinajstić information content (AvgIpc) is 2.66. The second kappa shape index (κ2) is 9.09. The molecule has 0 heteroatoms. The first kappa shape index (κ1) is 24.6. The van der Waals surface area contributed by atoms with Crippen LogP contribution in [-0.2, 0) is 0 Å². The molecule has 2 atom stereocenters. The number of hydrogen-bond donors (Lipinski definition) is 0. The van der Waals surface area contributed by atoms with E-state index in [1.54, 1.807) is 0 Å². The minimum atomic E-state index is 0.482. The highest BCUT2D eigenvalue weighted by atomic mass is 14.5. The van der Waals surface area contributed by atoms with Crippen molar-refractivity contribution in [2.75, 3.05) is 0 Å². The van der Waals surface area contributed by atoms with E-state index in [0.717, 1.165) is 35.5 Å². The van der Waals surface area contributed by atoms with Crippen LogP contribution in [0, 0.1) is 57.7 Å². The third-order valence-electron chi connectivity index (χ3n) is 10.1. The van der Waals surface area contributed by atoms with Gasteiger partial charge in [0.25, 0.3) is 0 Å². The fourth-order valence-electron chi connectivity index (χ4n) is 7.61. The van der Waals surface area contributed by atoms with Crippen molar-refractivity contribution in [2.45, 2.75) is 133 Å². The molecule has 0 bridgehead atoms. The zero-order valence-electron chi connectivity index (χ0n) is 22.2. The van der Waals surface area contributed by atoms with Gasteiger partial charge in [0.05, 0.1) is 0 Å². The molecule has 175 valence electrons. The lowest BCUT2D eigenvalue weighted by Gasteiger charge is -2.50. The van der Waals surface area contributed by atoms with Gasteiger partial charge in [-0.05, 0) is 128 Å². The summed E-state index contributed by atoms with van der Waals surface area (Å²) < 4.78 is 0. The van der Waals surface area contributed by atoms with Crippen LogP contribution in [0.2, 0.25) is 0 Å². The molecule has 0 saturated heterocycles. The molecular weight excluding hydrogens is 360 g/mol. The molecule has 0 spiro atoms. The molecule has 0 aromatic rings. The molecule has 0 amide bonds. The van der Waals surface area contributed by atoms with Gasteiger partial charge in [0.1, 0.15) is 0 Å². The molecule has 0 nitrogen and oxygen atoms in total. The van der Waals surface area contributed by atoms with E-state index in [2.05, 4.69) is 68.2 Å². The van der Waals surface area contributed by atoms with Gasteiger partial charge in [-0.1, -0.05) is 62.3 Å². The third-order valence-corrected chi connectivity index (χ3v) is 10.1. The van der Waals surface area contributed by atoms with Gasteiger partial charge in [0.15, 0.2) is 0 Å². The van der Waals surface area contributed by atoms with Gasteiger partial charge < -0.3 is 0 Å². The smallest absolute Gasteiger partial charge is 0.0176 e. The van der Waals surface area contributed by atoms with E-state index >= 15 is 0 Å². The molecule has 30 heavy (non-hydrogen) atoms. The minimum Gasteiger partial charge on any atom is -0.0599 e. The van der Waals surface area contributed by atoms with Crippen LogP contribution in [0.5, 0.6) is 0 Å². The summed E-state index contributed by atoms with van der Waals surface area (Å²) in [6.45, 7) is 22.3. The molecule has 1 radical (unpaired) electrons. The van der Waals surface area contributed by atoms with Crippen LogP contribution in [0.25, 0.3) is 0 Å². The van der Waals surface area contributed by atoms with Crippen LogP contribution in [-0.4, -0.2) is 0 Å². The van der Waals surface area contributed by atoms with Gasteiger partial charge in [-0.25, -0.2) is 0 Å². The summed E-state index contributed by atoms with van der Waals surface area (Å²) >= 11 is 0. The van der Waals surface area contributed by atoms with E-state index in [4.69, 9.17) is 0 Å². The van der Waals surface area contributed by atoms with Crippen LogP contribution >= 0.6 is 0 Å². The van der Waals surface area contributed by atoms with E-state index in [9.17, 15) is 0 Å². The van der Waals surface area contributed by atoms with E-state index in [1.165, 1.54) is 70.6 Å². The zero-order chi connectivity index (χ0) is 22.3. The lowest BCUT2D eigenvalue weighted by molar-refractivity contribution is 0.0604. The molecule has 3 saturated carbocycles. The quantitative estimate of drug-likeness (QED) is 0.421. The zero-order valence-corrected chi connectivity index (χ0v) is 22.2. The maximum atomic E-state index is 2.50. The molecule has 0 heterocycles. The summed E-state index contributed by atoms with van der Waals surface area (Å²) in [4.78, 5) is 0. The normalized spacial score (nSPS) is 37.9. The maximum absolute atomic E-state index is 2.50. The topological polar surface area (TPSA) is 0 Å². The molecule has 3 aliphatic carbocycles. The fourth-order valence-corrected chi connectivity index (χ4v) is 7.61. The summed E-state index contributed by atoms with van der Waals surface area (Å²) in [5.41, 5.74) is 1.49. The SMILES string of the molecule is CC(C)(C)C1CCC([C]2CCC(C(C)(C)C)CC2C2CCC(C(C)(C)C)CC2)CC1. The summed E-state index contributed by atoms with van der Waals surface area (Å²) in [5, 5.41) is 0. The van der Waals surface area contributed by atoms with Crippen molar-refractivity contribution in [3.05, 3.63) is 5.92 Å². The van der Waals surface area contributed by atoms with Crippen molar-refractivity contribution in [3.8, 4) is 0 Å². The van der Waals surface area contributed by atoms with Crippen LogP contribution in [0.15, 0.2) is 0 Å². The molecule has 3 fully saturated rings. The van der Waals surface area contributed by atoms with E-state index in [0.29, 0.717) is 16.2 Å². The van der Waals surface area contributed by atoms with Crippen LogP contribution < -0.4 is 0 Å². The summed E-state index contributed by atoms with van der Waals surface area (Å²) in [7, 11) is 0. The summed E-state index contributed by atoms with van der Waals surface area (Å²) in [6.07, 6.45) is 16.3. The van der Waals surface area contributed by atoms with Crippen molar-refractivity contribution in [1.82, 2.24) is 0 Å². The van der Waals surface area contributed by atoms with Crippen LogP contribution in [0.1, 0.15) is 133 Å². The monoisotopic (exact) mass is 415 g/mol. The molecule has 3 aliphatic rings. The Labute approximate surface area is 190 Å². The van der Waals surface area contributed by atoms with Crippen molar-refractivity contribution in [3.63, 3.8) is 0 Å². The van der Waals surface area contributed by atoms with Gasteiger partial charge >= 0.3 is 0 Å². The highest BCUT2D eigenvalue weighted by Gasteiger charge is 2.45. The Bertz CT molecular complexity index is 520. The second-order valence-corrected chi connectivity index (χ2v) is 14.9. The Morgan fingerprint density at radius 3 is 1.37 bits per heavy atom. The molecule has 0 aromatic heterocycles. The molecule has 3 rings (SSSR count). The van der Waals surface area contributed by atoms with Crippen molar-refractivity contribution < 1.29 is 0 Å². The number of hydrogen-bond acceptors (Lipinski definition) is 0. The molecular formula is C30H55. The molecule has 0 aliphatic heterocycles. The number of rotatable bonds is 2. The molecule has 0 aromatic carbocycles. The third kappa shape index (κ3) is 5.86. The Morgan fingerprint density at radius 1 is 0.500 bits per heavy atom. The standard InChI is InChI=1S/C30H55/c1-28(2,3)23-14-10-21(11-15-23)26-19-18-25(30(7,8)9)20-27(26)22-12-16-24(17-13-22)29(4,5)6/h21-25,27H,10-20H2,1-9H3. The van der Waals surface area contributed by atoms with E-state index < -0.39 is 0 Å². The van der Waals surface area contributed by atoms with Gasteiger partial charge in [0, 0.05) is 0 Å². The second-order valence-electron chi connectivity index (χ2n) is 14.9. The lowest BCUT2D eigenvalue weighted by atomic mass is 9.55. The highest BCUT2D eigenvalue weighted by Crippen LogP contribution is 2.55. The Kier molecular flexibility index (Phi) is 7.47. The van der Waals surface area contributed by atoms with Crippen molar-refractivity contribution in [1.29, 1.82) is 0 Å². The first-order valence-corrected chi connectivity index (χ1v) is 13.6. The van der Waals surface area contributed by atoms with Crippen molar-refractivity contribution >= 4 is 0 Å². The van der Waals surface area contributed by atoms with E-state index in [1.807, 2.05) is 0 Å². The van der Waals surface area contributed by atoms with Gasteiger partial charge in [-0.3, -0.25) is 0 Å². The average molecular weight is 416 g/mol. The van der Waals surface area contributed by atoms with Crippen molar-refractivity contribution in [2.24, 2.45) is 51.8 Å². The molecule has 2 unspecified atom stereocenters. The summed E-state index contributed by atoms with van der Waals surface area (Å²) in [5.74, 6) is 7.76. The molecule has 0 N–H and O–H groups in total. The highest BCUT2D eigenvalue weighted by molar-refractivity contribution is 5.10. The Morgan fingerprint density at radius 2 is 0.933 bits per heavy atom. The first-order valence-electron chi connectivity index (χ1n) is 13.6. The van der Waals surface area contributed by atoms with Gasteiger partial charge in [0.2, 0.25) is 0 Å². The van der Waals surface area contributed by atoms with Gasteiger partial charge in [-0.2, -0.15) is 0 Å². The Balaban J connectivity index is 1.69. The lowest BCUT2D eigenvalue weighted by Crippen LogP contribution is -2.40. The summed E-state index contributed by atoms with van der Waals surface area (Å²) in [6, 6.07) is 0. The largest absolute Gasteiger partial charge is 0.0599 e. The fraction of sp³-hybridized carbons (Fsp3) is 0.967. The van der Waals surface area contributed by atoms with Crippen LogP contribution in [0.3, 0.4) is 0 Å². The maximum Gasteiger partial charge on any atom is -0.0176 e.